The maximum absolute atomic E-state index is 12.5. The van der Waals surface area contributed by atoms with E-state index in [9.17, 15) is 18.0 Å². The molecule has 1 radical (unpaired) electrons. The molecule has 0 spiro atoms. The Morgan fingerprint density at radius 3 is 2.68 bits per heavy atom. The molecule has 1 aromatic carbocycles. The van der Waals surface area contributed by atoms with Crippen LogP contribution in [0, 0.1) is 12.0 Å². The number of amides is 1. The molecule has 1 amide bonds. The van der Waals surface area contributed by atoms with Gasteiger partial charge in [-0.1, -0.05) is 18.9 Å². The van der Waals surface area contributed by atoms with Crippen molar-refractivity contribution in [2.45, 2.75) is 38.3 Å². The summed E-state index contributed by atoms with van der Waals surface area (Å²) in [5.41, 5.74) is -0.694. The second-order valence-corrected chi connectivity index (χ2v) is 4.89. The third kappa shape index (κ3) is 3.98. The monoisotopic (exact) mass is 270 g/mol. The van der Waals surface area contributed by atoms with Crippen molar-refractivity contribution >= 4 is 11.6 Å². The summed E-state index contributed by atoms with van der Waals surface area (Å²) in [7, 11) is 0. The molecule has 0 aliphatic heterocycles. The van der Waals surface area contributed by atoms with Crippen molar-refractivity contribution in [1.82, 2.24) is 0 Å². The Bertz CT molecular complexity index is 450. The number of carbonyl (C=O) groups excluding carboxylic acids is 1. The molecule has 19 heavy (non-hydrogen) atoms. The van der Waals surface area contributed by atoms with Crippen molar-refractivity contribution in [3.63, 3.8) is 0 Å². The van der Waals surface area contributed by atoms with Crippen LogP contribution in [0.2, 0.25) is 0 Å². The molecule has 1 fully saturated rings. The lowest BCUT2D eigenvalue weighted by Gasteiger charge is -2.11. The predicted molar refractivity (Wildman–Crippen MR) is 65.5 cm³/mol. The van der Waals surface area contributed by atoms with E-state index >= 15 is 0 Å². The van der Waals surface area contributed by atoms with Crippen LogP contribution in [0.4, 0.5) is 18.9 Å². The van der Waals surface area contributed by atoms with Crippen LogP contribution in [0.5, 0.6) is 0 Å². The molecule has 1 saturated carbocycles. The summed E-state index contributed by atoms with van der Waals surface area (Å²) in [6, 6.07) is 5.63. The molecule has 1 aromatic rings. The summed E-state index contributed by atoms with van der Waals surface area (Å²) in [4.78, 5) is 11.7. The fraction of sp³-hybridized carbons (Fsp3) is 0.500. The smallest absolute Gasteiger partial charge is 0.325 e. The SMILES string of the molecule is O=C(CC1CCCC1)Nc1[c]ccc(C(F)(F)F)c1. The molecule has 103 valence electrons. The van der Waals surface area contributed by atoms with Gasteiger partial charge in [-0.3, -0.25) is 4.79 Å². The van der Waals surface area contributed by atoms with Crippen LogP contribution in [0.3, 0.4) is 0 Å². The molecule has 0 heterocycles. The molecule has 0 bridgehead atoms. The zero-order valence-corrected chi connectivity index (χ0v) is 10.4. The second kappa shape index (κ2) is 5.63. The number of halogens is 3. The number of hydrogen-bond donors (Lipinski definition) is 1. The predicted octanol–water partition coefficient (Wildman–Crippen LogP) is 4.02. The lowest BCUT2D eigenvalue weighted by Crippen LogP contribution is -2.16. The zero-order chi connectivity index (χ0) is 13.9. The number of benzene rings is 1. The number of anilines is 1. The normalized spacial score (nSPS) is 16.6. The van der Waals surface area contributed by atoms with E-state index in [0.717, 1.165) is 37.8 Å². The standard InChI is InChI=1S/C14H15F3NO/c15-14(16,17)11-6-3-7-12(9-11)18-13(19)8-10-4-1-2-5-10/h3,6,9-10H,1-2,4-5,8H2,(H,18,19). The first-order valence-electron chi connectivity index (χ1n) is 6.34. The first kappa shape index (κ1) is 13.9. The van der Waals surface area contributed by atoms with Crippen LogP contribution in [0.15, 0.2) is 18.2 Å². The molecule has 1 aliphatic rings. The van der Waals surface area contributed by atoms with Crippen LogP contribution in [-0.4, -0.2) is 5.91 Å². The summed E-state index contributed by atoms with van der Waals surface area (Å²) in [6.07, 6.45) is 0.296. The van der Waals surface area contributed by atoms with Gasteiger partial charge in [0.2, 0.25) is 5.91 Å². The highest BCUT2D eigenvalue weighted by atomic mass is 19.4. The Morgan fingerprint density at radius 2 is 2.05 bits per heavy atom. The molecule has 0 saturated heterocycles. The maximum atomic E-state index is 12.5. The lowest BCUT2D eigenvalue weighted by molar-refractivity contribution is -0.137. The molecule has 0 aromatic heterocycles. The Balaban J connectivity index is 1.96. The first-order valence-corrected chi connectivity index (χ1v) is 6.34. The van der Waals surface area contributed by atoms with Gasteiger partial charge in [-0.05, 0) is 30.9 Å². The second-order valence-electron chi connectivity index (χ2n) is 4.89. The molecule has 0 atom stereocenters. The molecular weight excluding hydrogens is 255 g/mol. The molecule has 0 unspecified atom stereocenters. The third-order valence-corrected chi connectivity index (χ3v) is 3.35. The summed E-state index contributed by atoms with van der Waals surface area (Å²) >= 11 is 0. The molecule has 1 N–H and O–H groups in total. The van der Waals surface area contributed by atoms with Gasteiger partial charge in [0.15, 0.2) is 0 Å². The van der Waals surface area contributed by atoms with Crippen LogP contribution in [0.25, 0.3) is 0 Å². The van der Waals surface area contributed by atoms with E-state index < -0.39 is 11.7 Å². The minimum Gasteiger partial charge on any atom is -0.325 e. The average molecular weight is 270 g/mol. The topological polar surface area (TPSA) is 29.1 Å². The Kier molecular flexibility index (Phi) is 4.12. The summed E-state index contributed by atoms with van der Waals surface area (Å²) in [6.45, 7) is 0. The molecular formula is C14H15F3NO. The van der Waals surface area contributed by atoms with Crippen LogP contribution >= 0.6 is 0 Å². The van der Waals surface area contributed by atoms with Gasteiger partial charge in [-0.2, -0.15) is 13.2 Å². The van der Waals surface area contributed by atoms with Gasteiger partial charge in [-0.25, -0.2) is 0 Å². The van der Waals surface area contributed by atoms with E-state index in [2.05, 4.69) is 11.4 Å². The van der Waals surface area contributed by atoms with Crippen LogP contribution in [0.1, 0.15) is 37.7 Å². The minimum absolute atomic E-state index is 0.0813. The van der Waals surface area contributed by atoms with Gasteiger partial charge in [0.05, 0.1) is 5.56 Å². The first-order chi connectivity index (χ1) is 8.95. The molecule has 2 rings (SSSR count). The van der Waals surface area contributed by atoms with E-state index in [4.69, 9.17) is 0 Å². The number of carbonyl (C=O) groups is 1. The highest BCUT2D eigenvalue weighted by Crippen LogP contribution is 2.31. The Labute approximate surface area is 110 Å². The van der Waals surface area contributed by atoms with E-state index in [1.165, 1.54) is 6.07 Å². The minimum atomic E-state index is -4.40. The van der Waals surface area contributed by atoms with Gasteiger partial charge in [0, 0.05) is 18.2 Å². The van der Waals surface area contributed by atoms with Gasteiger partial charge in [0.1, 0.15) is 0 Å². The molecule has 5 heteroatoms. The largest absolute Gasteiger partial charge is 0.416 e. The fourth-order valence-corrected chi connectivity index (χ4v) is 2.39. The summed E-state index contributed by atoms with van der Waals surface area (Å²) < 4.78 is 37.5. The van der Waals surface area contributed by atoms with Crippen molar-refractivity contribution in [2.24, 2.45) is 5.92 Å². The van der Waals surface area contributed by atoms with Crippen molar-refractivity contribution in [3.8, 4) is 0 Å². The van der Waals surface area contributed by atoms with Gasteiger partial charge in [0.25, 0.3) is 0 Å². The molecule has 2 nitrogen and oxygen atoms in total. The number of rotatable bonds is 3. The average Bonchev–Trinajstić information content (AvgIpc) is 2.80. The quantitative estimate of drug-likeness (QED) is 0.883. The van der Waals surface area contributed by atoms with Crippen molar-refractivity contribution in [1.29, 1.82) is 0 Å². The Morgan fingerprint density at radius 1 is 1.37 bits per heavy atom. The number of hydrogen-bond acceptors (Lipinski definition) is 1. The third-order valence-electron chi connectivity index (χ3n) is 3.35. The highest BCUT2D eigenvalue weighted by Gasteiger charge is 2.30. The Hall–Kier alpha value is -1.52. The number of alkyl halides is 3. The van der Waals surface area contributed by atoms with E-state index in [0.29, 0.717) is 12.3 Å². The fourth-order valence-electron chi connectivity index (χ4n) is 2.39. The van der Waals surface area contributed by atoms with E-state index in [1.807, 2.05) is 0 Å². The van der Waals surface area contributed by atoms with Crippen molar-refractivity contribution < 1.29 is 18.0 Å². The lowest BCUT2D eigenvalue weighted by atomic mass is 10.0. The van der Waals surface area contributed by atoms with Gasteiger partial charge >= 0.3 is 6.18 Å². The zero-order valence-electron chi connectivity index (χ0n) is 10.4. The van der Waals surface area contributed by atoms with Crippen molar-refractivity contribution in [2.75, 3.05) is 5.32 Å². The van der Waals surface area contributed by atoms with Crippen LogP contribution in [-0.2, 0) is 11.0 Å². The van der Waals surface area contributed by atoms with Crippen molar-refractivity contribution in [3.05, 3.63) is 29.8 Å². The van der Waals surface area contributed by atoms with E-state index in [1.54, 1.807) is 0 Å². The van der Waals surface area contributed by atoms with Gasteiger partial charge in [-0.15, -0.1) is 0 Å². The van der Waals surface area contributed by atoms with Gasteiger partial charge < -0.3 is 5.32 Å². The maximum Gasteiger partial charge on any atom is 0.416 e. The summed E-state index contributed by atoms with van der Waals surface area (Å²) in [5.74, 6) is 0.133. The van der Waals surface area contributed by atoms with E-state index in [-0.39, 0.29) is 11.6 Å². The highest BCUT2D eigenvalue weighted by molar-refractivity contribution is 5.90. The molecule has 1 aliphatic carbocycles. The number of nitrogens with one attached hydrogen (secondary N) is 1. The summed E-state index contributed by atoms with van der Waals surface area (Å²) in [5, 5.41) is 2.49. The van der Waals surface area contributed by atoms with Crippen LogP contribution < -0.4 is 5.32 Å².